The molecule has 2 unspecified atom stereocenters. The second kappa shape index (κ2) is 9.83. The number of fused-ring (bicyclic) bond motifs is 1. The van der Waals surface area contributed by atoms with Crippen LogP contribution in [0.5, 0.6) is 17.2 Å². The first-order valence-electron chi connectivity index (χ1n) is 12.0. The zero-order chi connectivity index (χ0) is 27.2. The molecule has 1 fully saturated rings. The van der Waals surface area contributed by atoms with E-state index in [9.17, 15) is 15.0 Å². The van der Waals surface area contributed by atoms with Crippen molar-refractivity contribution in [2.75, 3.05) is 45.9 Å². The van der Waals surface area contributed by atoms with Crippen LogP contribution in [0.25, 0.3) is 0 Å². The summed E-state index contributed by atoms with van der Waals surface area (Å²) in [4.78, 5) is 16.9. The Hall–Kier alpha value is -3.37. The molecule has 0 spiro atoms. The van der Waals surface area contributed by atoms with Gasteiger partial charge in [-0.15, -0.1) is 0 Å². The van der Waals surface area contributed by atoms with Crippen molar-refractivity contribution in [2.24, 2.45) is 0 Å². The van der Waals surface area contributed by atoms with Gasteiger partial charge in [0.05, 0.1) is 51.3 Å². The standard InChI is InChI=1S/C27H34FN3O6/c1-27(2,3)16-7-14(8-17(24(16)36-5)30-12-19(33)20(34)13-30)18(32)11-31-10-15-9-21(35-4)25(37-6)23(28)22(15)26(31)29/h7-9,19-20,29,33-34H,10-13H2,1-6H3. The Labute approximate surface area is 215 Å². The molecule has 9 nitrogen and oxygen atoms in total. The lowest BCUT2D eigenvalue weighted by atomic mass is 9.84. The Morgan fingerprint density at radius 2 is 1.68 bits per heavy atom. The summed E-state index contributed by atoms with van der Waals surface area (Å²) in [5, 5.41) is 28.8. The van der Waals surface area contributed by atoms with Gasteiger partial charge in [-0.2, -0.15) is 0 Å². The summed E-state index contributed by atoms with van der Waals surface area (Å²) in [5.74, 6) is -0.324. The third-order valence-corrected chi connectivity index (χ3v) is 6.94. The summed E-state index contributed by atoms with van der Waals surface area (Å²) in [5.41, 5.74) is 2.06. The van der Waals surface area contributed by atoms with Crippen molar-refractivity contribution in [3.8, 4) is 17.2 Å². The van der Waals surface area contributed by atoms with Gasteiger partial charge < -0.3 is 34.2 Å². The minimum absolute atomic E-state index is 0.0798. The van der Waals surface area contributed by atoms with Crippen molar-refractivity contribution in [3.05, 3.63) is 46.3 Å². The fraction of sp³-hybridized carbons (Fsp3) is 0.481. The predicted molar refractivity (Wildman–Crippen MR) is 137 cm³/mol. The summed E-state index contributed by atoms with van der Waals surface area (Å²) in [6, 6.07) is 5.11. The molecule has 3 N–H and O–H groups in total. The third-order valence-electron chi connectivity index (χ3n) is 6.94. The lowest BCUT2D eigenvalue weighted by Gasteiger charge is -2.29. The molecule has 1 saturated heterocycles. The van der Waals surface area contributed by atoms with Gasteiger partial charge in [0.2, 0.25) is 0 Å². The molecule has 0 aliphatic carbocycles. The summed E-state index contributed by atoms with van der Waals surface area (Å²) in [6.07, 6.45) is -1.82. The monoisotopic (exact) mass is 515 g/mol. The maximum Gasteiger partial charge on any atom is 0.197 e. The second-order valence-electron chi connectivity index (χ2n) is 10.5. The molecule has 10 heteroatoms. The highest BCUT2D eigenvalue weighted by Crippen LogP contribution is 2.42. The van der Waals surface area contributed by atoms with Gasteiger partial charge in [-0.05, 0) is 29.2 Å². The number of β-amino-alcohol motifs (C(OH)–C–C–N with tert-alkyl or cyclic N) is 2. The highest BCUT2D eigenvalue weighted by Gasteiger charge is 2.35. The van der Waals surface area contributed by atoms with Crippen LogP contribution < -0.4 is 19.1 Å². The highest BCUT2D eigenvalue weighted by atomic mass is 19.1. The van der Waals surface area contributed by atoms with Gasteiger partial charge in [0.1, 0.15) is 11.6 Å². The maximum atomic E-state index is 15.1. The fourth-order valence-electron chi connectivity index (χ4n) is 4.97. The number of ether oxygens (including phenoxy) is 3. The van der Waals surface area contributed by atoms with Gasteiger partial charge in [0, 0.05) is 30.8 Å². The van der Waals surface area contributed by atoms with E-state index in [4.69, 9.17) is 19.6 Å². The van der Waals surface area contributed by atoms with Crippen LogP contribution in [0.4, 0.5) is 10.1 Å². The Morgan fingerprint density at radius 3 is 2.22 bits per heavy atom. The van der Waals surface area contributed by atoms with Crippen LogP contribution in [0.1, 0.15) is 47.8 Å². The van der Waals surface area contributed by atoms with E-state index in [0.717, 1.165) is 5.56 Å². The average molecular weight is 516 g/mol. The predicted octanol–water partition coefficient (Wildman–Crippen LogP) is 2.71. The summed E-state index contributed by atoms with van der Waals surface area (Å²) >= 11 is 0. The number of carbonyl (C=O) groups is 1. The SMILES string of the molecule is COc1cc2c(c(F)c1OC)C(=N)N(CC(=O)c1cc(N3CC(O)C(O)C3)c(OC)c(C(C)(C)C)c1)C2. The normalized spacial score (nSPS) is 19.3. The smallest absolute Gasteiger partial charge is 0.197 e. The molecular weight excluding hydrogens is 481 g/mol. The van der Waals surface area contributed by atoms with Gasteiger partial charge in [0.15, 0.2) is 23.1 Å². The Kier molecular flexibility index (Phi) is 7.09. The Morgan fingerprint density at radius 1 is 1.05 bits per heavy atom. The zero-order valence-electron chi connectivity index (χ0n) is 22.0. The number of methoxy groups -OCH3 is 3. The highest BCUT2D eigenvalue weighted by molar-refractivity contribution is 6.06. The van der Waals surface area contributed by atoms with Crippen molar-refractivity contribution in [2.45, 2.75) is 44.9 Å². The maximum absolute atomic E-state index is 15.1. The van der Waals surface area contributed by atoms with E-state index in [-0.39, 0.29) is 60.3 Å². The van der Waals surface area contributed by atoms with Crippen molar-refractivity contribution < 1.29 is 33.6 Å². The molecule has 0 aromatic heterocycles. The van der Waals surface area contributed by atoms with Crippen molar-refractivity contribution in [1.29, 1.82) is 5.41 Å². The summed E-state index contributed by atoms with van der Waals surface area (Å²) < 4.78 is 31.3. The topological polar surface area (TPSA) is 116 Å². The van der Waals surface area contributed by atoms with Crippen LogP contribution in [0.15, 0.2) is 18.2 Å². The molecule has 0 amide bonds. The van der Waals surface area contributed by atoms with Gasteiger partial charge in [-0.3, -0.25) is 10.2 Å². The molecule has 2 aliphatic rings. The van der Waals surface area contributed by atoms with Crippen molar-refractivity contribution in [1.82, 2.24) is 4.90 Å². The fourth-order valence-corrected chi connectivity index (χ4v) is 4.97. The molecule has 2 heterocycles. The number of Topliss-reactive ketones (excluding diaryl/α,β-unsaturated/α-hetero) is 1. The van der Waals surface area contributed by atoms with E-state index in [1.54, 1.807) is 25.3 Å². The Bertz CT molecular complexity index is 1230. The number of aliphatic hydroxyl groups is 2. The molecule has 0 bridgehead atoms. The van der Waals surface area contributed by atoms with E-state index in [0.29, 0.717) is 22.6 Å². The first-order valence-corrected chi connectivity index (χ1v) is 12.0. The van der Waals surface area contributed by atoms with E-state index >= 15 is 4.39 Å². The van der Waals surface area contributed by atoms with E-state index in [1.165, 1.54) is 19.1 Å². The molecule has 0 saturated carbocycles. The number of hydrogen-bond donors (Lipinski definition) is 3. The lowest BCUT2D eigenvalue weighted by Crippen LogP contribution is -2.31. The Balaban J connectivity index is 1.69. The third kappa shape index (κ3) is 4.71. The van der Waals surface area contributed by atoms with Crippen LogP contribution in [-0.2, 0) is 12.0 Å². The molecule has 2 aliphatic heterocycles. The number of aliphatic hydroxyl groups excluding tert-OH is 2. The lowest BCUT2D eigenvalue weighted by molar-refractivity contribution is 0.0572. The molecule has 37 heavy (non-hydrogen) atoms. The zero-order valence-corrected chi connectivity index (χ0v) is 22.0. The van der Waals surface area contributed by atoms with Crippen LogP contribution in [0, 0.1) is 11.2 Å². The number of nitrogens with zero attached hydrogens (tertiary/aromatic N) is 2. The number of benzene rings is 2. The van der Waals surface area contributed by atoms with Gasteiger partial charge in [-0.1, -0.05) is 20.8 Å². The van der Waals surface area contributed by atoms with Crippen LogP contribution in [-0.4, -0.2) is 79.9 Å². The molecule has 2 aromatic rings. The molecular formula is C27H34FN3O6. The molecule has 4 rings (SSSR count). The van der Waals surface area contributed by atoms with Crippen LogP contribution in [0.3, 0.4) is 0 Å². The first kappa shape index (κ1) is 26.7. The molecule has 0 radical (unpaired) electrons. The number of rotatable bonds is 7. The largest absolute Gasteiger partial charge is 0.494 e. The summed E-state index contributed by atoms with van der Waals surface area (Å²) in [6.45, 7) is 6.46. The number of carbonyl (C=O) groups excluding carboxylic acids is 1. The van der Waals surface area contributed by atoms with Crippen LogP contribution >= 0.6 is 0 Å². The molecule has 2 aromatic carbocycles. The van der Waals surface area contributed by atoms with Gasteiger partial charge in [0.25, 0.3) is 0 Å². The van der Waals surface area contributed by atoms with Crippen LogP contribution in [0.2, 0.25) is 0 Å². The van der Waals surface area contributed by atoms with E-state index < -0.39 is 18.0 Å². The summed E-state index contributed by atoms with van der Waals surface area (Å²) in [7, 11) is 4.30. The number of hydrogen-bond acceptors (Lipinski definition) is 8. The quantitative estimate of drug-likeness (QED) is 0.482. The van der Waals surface area contributed by atoms with Crippen molar-refractivity contribution >= 4 is 17.3 Å². The number of anilines is 1. The van der Waals surface area contributed by atoms with E-state index in [2.05, 4.69) is 0 Å². The first-order chi connectivity index (χ1) is 17.4. The molecule has 200 valence electrons. The minimum atomic E-state index is -0.908. The number of halogens is 1. The second-order valence-corrected chi connectivity index (χ2v) is 10.5. The number of amidine groups is 1. The molecule has 2 atom stereocenters. The minimum Gasteiger partial charge on any atom is -0.494 e. The van der Waals surface area contributed by atoms with Gasteiger partial charge in [-0.25, -0.2) is 4.39 Å². The van der Waals surface area contributed by atoms with Gasteiger partial charge >= 0.3 is 0 Å². The average Bonchev–Trinajstić information content (AvgIpc) is 3.35. The number of ketones is 1. The van der Waals surface area contributed by atoms with E-state index in [1.807, 2.05) is 25.7 Å². The number of nitrogens with one attached hydrogen (secondary N) is 1. The van der Waals surface area contributed by atoms with Crippen molar-refractivity contribution in [3.63, 3.8) is 0 Å².